The molecule has 1 heterocycles. The van der Waals surface area contributed by atoms with Crippen LogP contribution in [0.3, 0.4) is 0 Å². The molecule has 0 atom stereocenters. The van der Waals surface area contributed by atoms with Crippen LogP contribution >= 0.6 is 0 Å². The Bertz CT molecular complexity index is 499. The van der Waals surface area contributed by atoms with Crippen molar-refractivity contribution in [2.24, 2.45) is 0 Å². The number of hydrogen-bond acceptors (Lipinski definition) is 4. The third kappa shape index (κ3) is 4.30. The minimum atomic E-state index is -0.300. The lowest BCUT2D eigenvalue weighted by atomic mass is 10.3. The quantitative estimate of drug-likeness (QED) is 0.812. The predicted molar refractivity (Wildman–Crippen MR) is 70.5 cm³/mol. The van der Waals surface area contributed by atoms with Gasteiger partial charge in [-0.3, -0.25) is 0 Å². The highest BCUT2D eigenvalue weighted by Gasteiger charge is 2.01. The van der Waals surface area contributed by atoms with Crippen LogP contribution in [0.4, 0.5) is 4.39 Å². The molecule has 0 aliphatic heterocycles. The van der Waals surface area contributed by atoms with E-state index in [2.05, 4.69) is 22.2 Å². The minimum absolute atomic E-state index is 0.255. The van der Waals surface area contributed by atoms with Crippen molar-refractivity contribution in [1.29, 1.82) is 0 Å². The standard InChI is InChI=1S/C14H16FN3O/c1-2-7-16-8-11-9-17-14(18-10-11)19-13-5-3-12(15)4-6-13/h3-6,9-10,16H,2,7-8H2,1H3. The molecule has 1 aromatic carbocycles. The summed E-state index contributed by atoms with van der Waals surface area (Å²) in [6, 6.07) is 5.99. The van der Waals surface area contributed by atoms with Crippen molar-refractivity contribution in [2.75, 3.05) is 6.54 Å². The van der Waals surface area contributed by atoms with Crippen LogP contribution in [0.1, 0.15) is 18.9 Å². The summed E-state index contributed by atoms with van der Waals surface area (Å²) in [6.07, 6.45) is 4.52. The molecule has 5 heteroatoms. The Morgan fingerprint density at radius 2 is 1.84 bits per heavy atom. The van der Waals surface area contributed by atoms with Crippen LogP contribution in [0.15, 0.2) is 36.7 Å². The first-order valence-corrected chi connectivity index (χ1v) is 6.23. The fraction of sp³-hybridized carbons (Fsp3) is 0.286. The van der Waals surface area contributed by atoms with E-state index in [9.17, 15) is 4.39 Å². The van der Waals surface area contributed by atoms with Crippen LogP contribution in [-0.2, 0) is 6.54 Å². The first-order valence-electron chi connectivity index (χ1n) is 6.23. The van der Waals surface area contributed by atoms with E-state index in [1.165, 1.54) is 24.3 Å². The third-order valence-corrected chi connectivity index (χ3v) is 2.46. The Labute approximate surface area is 111 Å². The molecule has 0 amide bonds. The average molecular weight is 261 g/mol. The summed E-state index contributed by atoms with van der Waals surface area (Å²) in [5.41, 5.74) is 1.000. The van der Waals surface area contributed by atoms with Gasteiger partial charge in [0.05, 0.1) is 0 Å². The molecule has 4 nitrogen and oxygen atoms in total. The van der Waals surface area contributed by atoms with Crippen LogP contribution < -0.4 is 10.1 Å². The van der Waals surface area contributed by atoms with Crippen molar-refractivity contribution in [2.45, 2.75) is 19.9 Å². The molecule has 0 aliphatic carbocycles. The van der Waals surface area contributed by atoms with E-state index in [1.807, 2.05) is 0 Å². The summed E-state index contributed by atoms with van der Waals surface area (Å²) in [7, 11) is 0. The van der Waals surface area contributed by atoms with E-state index < -0.39 is 0 Å². The number of rotatable bonds is 6. The van der Waals surface area contributed by atoms with Crippen molar-refractivity contribution in [3.8, 4) is 11.8 Å². The van der Waals surface area contributed by atoms with E-state index in [0.717, 1.165) is 25.1 Å². The summed E-state index contributed by atoms with van der Waals surface area (Å²) in [5.74, 6) is 0.212. The maximum absolute atomic E-state index is 12.7. The highest BCUT2D eigenvalue weighted by atomic mass is 19.1. The van der Waals surface area contributed by atoms with Gasteiger partial charge < -0.3 is 10.1 Å². The van der Waals surface area contributed by atoms with E-state index in [0.29, 0.717) is 5.75 Å². The Kier molecular flexibility index (Phi) is 4.80. The van der Waals surface area contributed by atoms with Gasteiger partial charge in [0.15, 0.2) is 0 Å². The lowest BCUT2D eigenvalue weighted by Gasteiger charge is -2.05. The predicted octanol–water partition coefficient (Wildman–Crippen LogP) is 2.91. The maximum Gasteiger partial charge on any atom is 0.321 e. The van der Waals surface area contributed by atoms with Crippen LogP contribution in [0, 0.1) is 5.82 Å². The van der Waals surface area contributed by atoms with Gasteiger partial charge in [0.25, 0.3) is 0 Å². The number of hydrogen-bond donors (Lipinski definition) is 1. The molecule has 0 spiro atoms. The van der Waals surface area contributed by atoms with Gasteiger partial charge in [0, 0.05) is 24.5 Å². The van der Waals surface area contributed by atoms with Crippen molar-refractivity contribution in [3.63, 3.8) is 0 Å². The molecule has 0 bridgehead atoms. The Hall–Kier alpha value is -2.01. The van der Waals surface area contributed by atoms with Gasteiger partial charge in [-0.2, -0.15) is 0 Å². The molecule has 0 fully saturated rings. The Morgan fingerprint density at radius 1 is 1.16 bits per heavy atom. The maximum atomic E-state index is 12.7. The van der Waals surface area contributed by atoms with Crippen molar-refractivity contribution >= 4 is 0 Å². The van der Waals surface area contributed by atoms with Crippen LogP contribution in [-0.4, -0.2) is 16.5 Å². The molecule has 19 heavy (non-hydrogen) atoms. The van der Waals surface area contributed by atoms with Gasteiger partial charge in [0.1, 0.15) is 11.6 Å². The molecular weight excluding hydrogens is 245 g/mol. The molecule has 0 unspecified atom stereocenters. The number of nitrogens with zero attached hydrogens (tertiary/aromatic N) is 2. The Balaban J connectivity index is 1.92. The second-order valence-corrected chi connectivity index (χ2v) is 4.11. The zero-order chi connectivity index (χ0) is 13.5. The Morgan fingerprint density at radius 3 is 2.47 bits per heavy atom. The van der Waals surface area contributed by atoms with Gasteiger partial charge in [-0.25, -0.2) is 14.4 Å². The average Bonchev–Trinajstić information content (AvgIpc) is 2.44. The van der Waals surface area contributed by atoms with Crippen molar-refractivity contribution in [1.82, 2.24) is 15.3 Å². The zero-order valence-corrected chi connectivity index (χ0v) is 10.8. The molecule has 0 saturated heterocycles. The van der Waals surface area contributed by atoms with E-state index in [4.69, 9.17) is 4.74 Å². The van der Waals surface area contributed by atoms with Crippen LogP contribution in [0.2, 0.25) is 0 Å². The monoisotopic (exact) mass is 261 g/mol. The van der Waals surface area contributed by atoms with E-state index >= 15 is 0 Å². The lowest BCUT2D eigenvalue weighted by molar-refractivity contribution is 0.439. The van der Waals surface area contributed by atoms with E-state index in [1.54, 1.807) is 12.4 Å². The summed E-state index contributed by atoms with van der Waals surface area (Å²) in [5, 5.41) is 3.26. The fourth-order valence-corrected chi connectivity index (χ4v) is 1.50. The number of benzene rings is 1. The number of nitrogens with one attached hydrogen (secondary N) is 1. The summed E-state index contributed by atoms with van der Waals surface area (Å²) in [6.45, 7) is 3.82. The third-order valence-electron chi connectivity index (χ3n) is 2.46. The smallest absolute Gasteiger partial charge is 0.321 e. The van der Waals surface area contributed by atoms with Gasteiger partial charge >= 0.3 is 6.01 Å². The van der Waals surface area contributed by atoms with E-state index in [-0.39, 0.29) is 11.8 Å². The lowest BCUT2D eigenvalue weighted by Crippen LogP contribution is -2.14. The van der Waals surface area contributed by atoms with Crippen molar-refractivity contribution < 1.29 is 9.13 Å². The first kappa shape index (κ1) is 13.4. The molecule has 2 rings (SSSR count). The van der Waals surface area contributed by atoms with Crippen LogP contribution in [0.5, 0.6) is 11.8 Å². The normalized spacial score (nSPS) is 10.4. The second kappa shape index (κ2) is 6.80. The molecule has 2 aromatic rings. The molecular formula is C14H16FN3O. The SMILES string of the molecule is CCCNCc1cnc(Oc2ccc(F)cc2)nc1. The zero-order valence-electron chi connectivity index (χ0n) is 10.8. The summed E-state index contributed by atoms with van der Waals surface area (Å²) < 4.78 is 18.1. The number of ether oxygens (including phenoxy) is 1. The molecule has 0 aliphatic rings. The minimum Gasteiger partial charge on any atom is -0.424 e. The summed E-state index contributed by atoms with van der Waals surface area (Å²) >= 11 is 0. The number of halogens is 1. The van der Waals surface area contributed by atoms with Gasteiger partial charge in [-0.15, -0.1) is 0 Å². The van der Waals surface area contributed by atoms with Crippen molar-refractivity contribution in [3.05, 3.63) is 48.0 Å². The fourth-order valence-electron chi connectivity index (χ4n) is 1.50. The summed E-state index contributed by atoms with van der Waals surface area (Å²) in [4.78, 5) is 8.22. The molecule has 0 saturated carbocycles. The second-order valence-electron chi connectivity index (χ2n) is 4.11. The molecule has 1 aromatic heterocycles. The molecule has 0 radical (unpaired) electrons. The number of aromatic nitrogens is 2. The first-order chi connectivity index (χ1) is 9.28. The van der Waals surface area contributed by atoms with Gasteiger partial charge in [-0.05, 0) is 37.2 Å². The molecule has 100 valence electrons. The topological polar surface area (TPSA) is 47.0 Å². The van der Waals surface area contributed by atoms with Gasteiger partial charge in [0.2, 0.25) is 0 Å². The highest BCUT2D eigenvalue weighted by molar-refractivity contribution is 5.25. The van der Waals surface area contributed by atoms with Crippen LogP contribution in [0.25, 0.3) is 0 Å². The largest absolute Gasteiger partial charge is 0.424 e. The molecule has 1 N–H and O–H groups in total. The highest BCUT2D eigenvalue weighted by Crippen LogP contribution is 2.17. The van der Waals surface area contributed by atoms with Gasteiger partial charge in [-0.1, -0.05) is 6.92 Å².